The van der Waals surface area contributed by atoms with Crippen LogP contribution in [0.5, 0.6) is 0 Å². The Morgan fingerprint density at radius 3 is 2.52 bits per heavy atom. The SMILES string of the molecule is Clc1cccc(Cl)c1-c1noc(C2CC2)c1COC1C[C@@H]2CC1CC21OCCO1. The summed E-state index contributed by atoms with van der Waals surface area (Å²) in [5.41, 5.74) is 2.43. The van der Waals surface area contributed by atoms with Gasteiger partial charge in [0.15, 0.2) is 5.79 Å². The fourth-order valence-corrected chi connectivity index (χ4v) is 6.04. The molecule has 3 atom stereocenters. The summed E-state index contributed by atoms with van der Waals surface area (Å²) in [6, 6.07) is 5.50. The van der Waals surface area contributed by atoms with Gasteiger partial charge in [0.2, 0.25) is 0 Å². The summed E-state index contributed by atoms with van der Waals surface area (Å²) < 4.78 is 24.1. The molecule has 29 heavy (non-hydrogen) atoms. The fourth-order valence-electron chi connectivity index (χ4n) is 5.46. The van der Waals surface area contributed by atoms with Crippen molar-refractivity contribution in [3.8, 4) is 11.3 Å². The molecule has 4 fully saturated rings. The highest BCUT2D eigenvalue weighted by molar-refractivity contribution is 6.39. The first-order valence-corrected chi connectivity index (χ1v) is 11.2. The van der Waals surface area contributed by atoms with Crippen molar-refractivity contribution < 1.29 is 18.7 Å². The van der Waals surface area contributed by atoms with Crippen molar-refractivity contribution in [2.75, 3.05) is 13.2 Å². The molecule has 7 heteroatoms. The van der Waals surface area contributed by atoms with Gasteiger partial charge in [-0.1, -0.05) is 34.4 Å². The van der Waals surface area contributed by atoms with E-state index in [0.717, 1.165) is 49.0 Å². The van der Waals surface area contributed by atoms with Crippen molar-refractivity contribution in [3.63, 3.8) is 0 Å². The van der Waals surface area contributed by atoms with E-state index in [9.17, 15) is 0 Å². The monoisotopic (exact) mass is 435 g/mol. The van der Waals surface area contributed by atoms with Crippen LogP contribution in [-0.2, 0) is 20.8 Å². The molecule has 3 saturated carbocycles. The lowest BCUT2D eigenvalue weighted by Crippen LogP contribution is -2.40. The van der Waals surface area contributed by atoms with E-state index < -0.39 is 0 Å². The van der Waals surface area contributed by atoms with Crippen molar-refractivity contribution in [2.45, 2.75) is 56.5 Å². The molecule has 1 aromatic heterocycles. The first-order chi connectivity index (χ1) is 14.1. The Morgan fingerprint density at radius 2 is 1.86 bits per heavy atom. The van der Waals surface area contributed by atoms with Crippen molar-refractivity contribution >= 4 is 23.2 Å². The van der Waals surface area contributed by atoms with Crippen LogP contribution < -0.4 is 0 Å². The largest absolute Gasteiger partial charge is 0.373 e. The molecule has 0 radical (unpaired) electrons. The first-order valence-electron chi connectivity index (χ1n) is 10.5. The molecular weight excluding hydrogens is 413 g/mol. The zero-order chi connectivity index (χ0) is 19.6. The summed E-state index contributed by atoms with van der Waals surface area (Å²) in [5.74, 6) is 1.94. The van der Waals surface area contributed by atoms with Gasteiger partial charge in [-0.15, -0.1) is 0 Å². The van der Waals surface area contributed by atoms with Gasteiger partial charge in [-0.05, 0) is 43.7 Å². The van der Waals surface area contributed by atoms with E-state index >= 15 is 0 Å². The van der Waals surface area contributed by atoms with Gasteiger partial charge in [0.25, 0.3) is 0 Å². The van der Waals surface area contributed by atoms with Gasteiger partial charge < -0.3 is 18.7 Å². The average molecular weight is 436 g/mol. The fraction of sp³-hybridized carbons (Fsp3) is 0.591. The summed E-state index contributed by atoms with van der Waals surface area (Å²) in [4.78, 5) is 0. The van der Waals surface area contributed by atoms with Crippen LogP contribution in [0.3, 0.4) is 0 Å². The van der Waals surface area contributed by atoms with Crippen molar-refractivity contribution in [1.82, 2.24) is 5.16 Å². The lowest BCUT2D eigenvalue weighted by molar-refractivity contribution is -0.203. The lowest BCUT2D eigenvalue weighted by Gasteiger charge is -2.35. The van der Waals surface area contributed by atoms with Crippen LogP contribution in [0.1, 0.15) is 49.3 Å². The third-order valence-corrected chi connectivity index (χ3v) is 7.61. The van der Waals surface area contributed by atoms with Crippen LogP contribution in [0.2, 0.25) is 10.0 Å². The van der Waals surface area contributed by atoms with Crippen LogP contribution in [0, 0.1) is 11.8 Å². The van der Waals surface area contributed by atoms with Gasteiger partial charge in [-0.25, -0.2) is 0 Å². The van der Waals surface area contributed by atoms with Crippen LogP contribution >= 0.6 is 23.2 Å². The maximum atomic E-state index is 6.45. The topological polar surface area (TPSA) is 53.7 Å². The predicted octanol–water partition coefficient (Wildman–Crippen LogP) is 5.58. The molecule has 5 nitrogen and oxygen atoms in total. The Hall–Kier alpha value is -1.11. The minimum Gasteiger partial charge on any atom is -0.373 e. The molecule has 2 aromatic rings. The Morgan fingerprint density at radius 1 is 1.10 bits per heavy atom. The molecule has 0 amide bonds. The normalized spacial score (nSPS) is 29.9. The van der Waals surface area contributed by atoms with Gasteiger partial charge >= 0.3 is 0 Å². The molecule has 2 heterocycles. The third-order valence-electron chi connectivity index (χ3n) is 6.98. The van der Waals surface area contributed by atoms with Gasteiger partial charge in [0.1, 0.15) is 11.5 Å². The smallest absolute Gasteiger partial charge is 0.171 e. The van der Waals surface area contributed by atoms with E-state index in [4.69, 9.17) is 41.9 Å². The Labute approximate surface area is 179 Å². The number of ether oxygens (including phenoxy) is 3. The van der Waals surface area contributed by atoms with E-state index in [1.807, 2.05) is 18.2 Å². The summed E-state index contributed by atoms with van der Waals surface area (Å²) in [7, 11) is 0. The molecule has 154 valence electrons. The molecule has 1 aromatic carbocycles. The second kappa shape index (κ2) is 6.96. The average Bonchev–Trinajstić information content (AvgIpc) is 3.06. The van der Waals surface area contributed by atoms with Gasteiger partial charge in [0.05, 0.1) is 36.0 Å². The quantitative estimate of drug-likeness (QED) is 0.612. The standard InChI is InChI=1S/C22H23Cl2NO4/c23-16-2-1-3-17(24)19(16)20-15(21(29-25-20)12-4-5-12)11-26-18-9-14-8-13(18)10-22(14)27-6-7-28-22/h1-3,12-14,18H,4-11H2/t13?,14-,18?/m0/s1. The Balaban J connectivity index is 1.24. The van der Waals surface area contributed by atoms with Crippen molar-refractivity contribution in [3.05, 3.63) is 39.6 Å². The summed E-state index contributed by atoms with van der Waals surface area (Å²) >= 11 is 12.9. The maximum absolute atomic E-state index is 6.45. The Kier molecular flexibility index (Phi) is 4.47. The molecule has 1 aliphatic heterocycles. The molecule has 2 unspecified atom stereocenters. The van der Waals surface area contributed by atoms with E-state index in [-0.39, 0.29) is 11.9 Å². The van der Waals surface area contributed by atoms with Crippen LogP contribution in [0.15, 0.2) is 22.7 Å². The zero-order valence-corrected chi connectivity index (χ0v) is 17.5. The molecule has 0 N–H and O–H groups in total. The number of benzene rings is 1. The molecule has 1 spiro atoms. The van der Waals surface area contributed by atoms with Crippen LogP contribution in [-0.4, -0.2) is 30.3 Å². The summed E-state index contributed by atoms with van der Waals surface area (Å²) in [6.45, 7) is 1.89. The van der Waals surface area contributed by atoms with E-state index in [2.05, 4.69) is 5.16 Å². The van der Waals surface area contributed by atoms with E-state index in [1.54, 1.807) is 0 Å². The molecule has 2 bridgehead atoms. The molecular formula is C22H23Cl2NO4. The van der Waals surface area contributed by atoms with Gasteiger partial charge in [0, 0.05) is 29.4 Å². The first kappa shape index (κ1) is 18.6. The Bertz CT molecular complexity index is 915. The minimum atomic E-state index is -0.336. The summed E-state index contributed by atoms with van der Waals surface area (Å²) in [5, 5.41) is 5.51. The van der Waals surface area contributed by atoms with Gasteiger partial charge in [-0.3, -0.25) is 0 Å². The van der Waals surface area contributed by atoms with Crippen LogP contribution in [0.4, 0.5) is 0 Å². The predicted molar refractivity (Wildman–Crippen MR) is 108 cm³/mol. The number of hydrogen-bond acceptors (Lipinski definition) is 5. The number of hydrogen-bond donors (Lipinski definition) is 0. The number of aromatic nitrogens is 1. The number of halogens is 2. The van der Waals surface area contributed by atoms with Crippen molar-refractivity contribution in [1.29, 1.82) is 0 Å². The van der Waals surface area contributed by atoms with E-state index in [1.165, 1.54) is 0 Å². The molecule has 3 aliphatic carbocycles. The molecule has 1 saturated heterocycles. The van der Waals surface area contributed by atoms with Crippen LogP contribution in [0.25, 0.3) is 11.3 Å². The zero-order valence-electron chi connectivity index (χ0n) is 16.0. The number of nitrogens with zero attached hydrogens (tertiary/aromatic N) is 1. The second-order valence-corrected chi connectivity index (χ2v) is 9.55. The highest BCUT2D eigenvalue weighted by Gasteiger charge is 2.59. The molecule has 6 rings (SSSR count). The lowest BCUT2D eigenvalue weighted by atomic mass is 9.91. The summed E-state index contributed by atoms with van der Waals surface area (Å²) in [6.07, 6.45) is 5.51. The van der Waals surface area contributed by atoms with E-state index in [0.29, 0.717) is 53.3 Å². The highest BCUT2D eigenvalue weighted by atomic mass is 35.5. The maximum Gasteiger partial charge on any atom is 0.171 e. The molecule has 4 aliphatic rings. The third kappa shape index (κ3) is 3.05. The number of fused-ring (bicyclic) bond motifs is 3. The van der Waals surface area contributed by atoms with Crippen molar-refractivity contribution in [2.24, 2.45) is 11.8 Å². The second-order valence-electron chi connectivity index (χ2n) is 8.74. The number of rotatable bonds is 5. The van der Waals surface area contributed by atoms with Gasteiger partial charge in [-0.2, -0.15) is 0 Å². The highest BCUT2D eigenvalue weighted by Crippen LogP contribution is 2.55. The minimum absolute atomic E-state index is 0.218.